The van der Waals surface area contributed by atoms with Crippen molar-refractivity contribution in [1.82, 2.24) is 25.8 Å². The average molecular weight is 471 g/mol. The third-order valence-electron chi connectivity index (χ3n) is 6.33. The zero-order valence-corrected chi connectivity index (χ0v) is 19.0. The highest BCUT2D eigenvalue weighted by molar-refractivity contribution is 6.23. The fraction of sp³-hybridized carbons (Fsp3) is 0.522. The fourth-order valence-electron chi connectivity index (χ4n) is 4.45. The summed E-state index contributed by atoms with van der Waals surface area (Å²) in [7, 11) is 0. The van der Waals surface area contributed by atoms with Gasteiger partial charge in [0.15, 0.2) is 0 Å². The van der Waals surface area contributed by atoms with Crippen molar-refractivity contribution in [1.29, 1.82) is 0 Å². The number of hydrogen-bond donors (Lipinski definition) is 4. The van der Waals surface area contributed by atoms with E-state index in [1.807, 2.05) is 0 Å². The van der Waals surface area contributed by atoms with Crippen LogP contribution in [0.3, 0.4) is 0 Å². The topological polar surface area (TPSA) is 140 Å². The Labute approximate surface area is 197 Å². The summed E-state index contributed by atoms with van der Waals surface area (Å²) < 4.78 is 0. The van der Waals surface area contributed by atoms with Crippen molar-refractivity contribution in [3.8, 4) is 0 Å². The Morgan fingerprint density at radius 2 is 1.79 bits per heavy atom. The van der Waals surface area contributed by atoms with Gasteiger partial charge in [-0.1, -0.05) is 0 Å². The first-order valence-electron chi connectivity index (χ1n) is 11.7. The number of nitrogens with one attached hydrogen (secondary N) is 4. The Hall–Kier alpha value is -3.31. The molecule has 3 heterocycles. The molecule has 4 rings (SSSR count). The molecule has 4 N–H and O–H groups in total. The van der Waals surface area contributed by atoms with E-state index in [0.29, 0.717) is 12.2 Å². The fourth-order valence-corrected chi connectivity index (χ4v) is 4.45. The van der Waals surface area contributed by atoms with E-state index in [-0.39, 0.29) is 36.4 Å². The number of fused-ring (bicyclic) bond motifs is 1. The molecule has 0 aliphatic carbocycles. The lowest BCUT2D eigenvalue weighted by atomic mass is 10.0. The van der Waals surface area contributed by atoms with Crippen molar-refractivity contribution in [3.63, 3.8) is 0 Å². The maximum Gasteiger partial charge on any atom is 0.262 e. The molecule has 1 aromatic carbocycles. The van der Waals surface area contributed by atoms with E-state index in [1.54, 1.807) is 6.07 Å². The van der Waals surface area contributed by atoms with Gasteiger partial charge in [-0.25, -0.2) is 0 Å². The predicted octanol–water partition coefficient (Wildman–Crippen LogP) is -0.699. The van der Waals surface area contributed by atoms with E-state index >= 15 is 0 Å². The third-order valence-corrected chi connectivity index (χ3v) is 6.33. The summed E-state index contributed by atoms with van der Waals surface area (Å²) in [4.78, 5) is 64.6. The van der Waals surface area contributed by atoms with Crippen LogP contribution in [0.2, 0.25) is 0 Å². The predicted molar refractivity (Wildman–Crippen MR) is 123 cm³/mol. The van der Waals surface area contributed by atoms with Gasteiger partial charge in [-0.05, 0) is 44.0 Å². The zero-order chi connectivity index (χ0) is 24.1. The normalized spacial score (nSPS) is 20.8. The molecule has 1 unspecified atom stereocenters. The second-order valence-corrected chi connectivity index (χ2v) is 8.71. The Bertz CT molecular complexity index is 990. The molecule has 5 amide bonds. The number of imide groups is 2. The van der Waals surface area contributed by atoms with E-state index < -0.39 is 29.7 Å². The van der Waals surface area contributed by atoms with E-state index in [2.05, 4.69) is 26.2 Å². The SMILES string of the molecule is O=C(CNc1ccc2c(c1)C(=O)N(C1CCC(=O)NC1=O)C2=O)NCCCCN1CCNCC1. The summed E-state index contributed by atoms with van der Waals surface area (Å²) in [6.45, 7) is 5.86. The molecule has 34 heavy (non-hydrogen) atoms. The maximum atomic E-state index is 12.9. The maximum absolute atomic E-state index is 12.9. The lowest BCUT2D eigenvalue weighted by Gasteiger charge is -2.27. The number of anilines is 1. The minimum absolute atomic E-state index is 0.0373. The van der Waals surface area contributed by atoms with Crippen molar-refractivity contribution in [3.05, 3.63) is 29.3 Å². The second-order valence-electron chi connectivity index (χ2n) is 8.71. The molecule has 1 aromatic rings. The minimum Gasteiger partial charge on any atom is -0.376 e. The van der Waals surface area contributed by atoms with Crippen LogP contribution in [0.1, 0.15) is 46.4 Å². The van der Waals surface area contributed by atoms with Gasteiger partial charge < -0.3 is 20.9 Å². The van der Waals surface area contributed by atoms with Gasteiger partial charge in [0.05, 0.1) is 17.7 Å². The standard InChI is InChI=1S/C23H30N6O5/c30-19-6-5-18(21(32)27-19)29-22(33)16-4-3-15(13-17(16)23(29)34)26-14-20(31)25-7-1-2-10-28-11-8-24-9-12-28/h3-4,13,18,24,26H,1-2,5-12,14H2,(H,25,31)(H,27,30,32). The van der Waals surface area contributed by atoms with Crippen molar-refractivity contribution < 1.29 is 24.0 Å². The minimum atomic E-state index is -1.00. The van der Waals surface area contributed by atoms with Crippen molar-refractivity contribution in [2.45, 2.75) is 31.7 Å². The van der Waals surface area contributed by atoms with Gasteiger partial charge in [-0.3, -0.25) is 34.2 Å². The van der Waals surface area contributed by atoms with Gasteiger partial charge in [0.25, 0.3) is 11.8 Å². The van der Waals surface area contributed by atoms with Crippen molar-refractivity contribution >= 4 is 35.2 Å². The summed E-state index contributed by atoms with van der Waals surface area (Å²) in [5.74, 6) is -2.35. The Kier molecular flexibility index (Phi) is 7.53. The van der Waals surface area contributed by atoms with Crippen LogP contribution in [-0.4, -0.2) is 91.2 Å². The molecule has 182 valence electrons. The number of nitrogens with zero attached hydrogens (tertiary/aromatic N) is 2. The number of unbranched alkanes of at least 4 members (excludes halogenated alkanes) is 1. The van der Waals surface area contributed by atoms with Crippen LogP contribution in [0.5, 0.6) is 0 Å². The summed E-state index contributed by atoms with van der Waals surface area (Å²) in [5.41, 5.74) is 0.904. The van der Waals surface area contributed by atoms with Crippen LogP contribution in [0.4, 0.5) is 5.69 Å². The van der Waals surface area contributed by atoms with Gasteiger partial charge >= 0.3 is 0 Å². The average Bonchev–Trinajstić information content (AvgIpc) is 3.08. The highest BCUT2D eigenvalue weighted by atomic mass is 16.2. The van der Waals surface area contributed by atoms with Crippen LogP contribution in [0, 0.1) is 0 Å². The van der Waals surface area contributed by atoms with Gasteiger partial charge in [-0.15, -0.1) is 0 Å². The lowest BCUT2D eigenvalue weighted by molar-refractivity contribution is -0.136. The van der Waals surface area contributed by atoms with Gasteiger partial charge in [0.1, 0.15) is 6.04 Å². The molecule has 1 atom stereocenters. The van der Waals surface area contributed by atoms with Gasteiger partial charge in [-0.2, -0.15) is 0 Å². The second kappa shape index (κ2) is 10.7. The molecule has 3 aliphatic heterocycles. The number of carbonyl (C=O) groups excluding carboxylic acids is 5. The number of piperazine rings is 1. The quantitative estimate of drug-likeness (QED) is 0.274. The molecule has 0 bridgehead atoms. The molecule has 0 aromatic heterocycles. The number of hydrogen-bond acceptors (Lipinski definition) is 8. The highest BCUT2D eigenvalue weighted by Crippen LogP contribution is 2.29. The molecule has 0 spiro atoms. The summed E-state index contributed by atoms with van der Waals surface area (Å²) in [6, 6.07) is 3.65. The van der Waals surface area contributed by atoms with E-state index in [0.717, 1.165) is 50.5 Å². The molecule has 11 heteroatoms. The Balaban J connectivity index is 1.24. The number of rotatable bonds is 9. The Morgan fingerprint density at radius 3 is 2.56 bits per heavy atom. The molecule has 11 nitrogen and oxygen atoms in total. The van der Waals surface area contributed by atoms with Crippen LogP contribution in [0.15, 0.2) is 18.2 Å². The van der Waals surface area contributed by atoms with Crippen LogP contribution in [0.25, 0.3) is 0 Å². The molecule has 0 saturated carbocycles. The summed E-state index contributed by atoms with van der Waals surface area (Å²) in [5, 5.41) is 11.4. The number of piperidine rings is 1. The number of carbonyl (C=O) groups is 5. The van der Waals surface area contributed by atoms with E-state index in [9.17, 15) is 24.0 Å². The smallest absolute Gasteiger partial charge is 0.262 e. The highest BCUT2D eigenvalue weighted by Gasteiger charge is 2.44. The molecular weight excluding hydrogens is 440 g/mol. The van der Waals surface area contributed by atoms with E-state index in [4.69, 9.17) is 0 Å². The van der Waals surface area contributed by atoms with Crippen molar-refractivity contribution in [2.24, 2.45) is 0 Å². The summed E-state index contributed by atoms with van der Waals surface area (Å²) >= 11 is 0. The van der Waals surface area contributed by atoms with Crippen molar-refractivity contribution in [2.75, 3.05) is 51.1 Å². The number of amides is 5. The molecule has 2 fully saturated rings. The monoisotopic (exact) mass is 470 g/mol. The zero-order valence-electron chi connectivity index (χ0n) is 19.0. The number of benzene rings is 1. The van der Waals surface area contributed by atoms with E-state index in [1.165, 1.54) is 12.1 Å². The van der Waals surface area contributed by atoms with Gasteiger partial charge in [0.2, 0.25) is 17.7 Å². The first-order valence-corrected chi connectivity index (χ1v) is 11.7. The van der Waals surface area contributed by atoms with Crippen LogP contribution < -0.4 is 21.3 Å². The molecule has 3 aliphatic rings. The molecule has 0 radical (unpaired) electrons. The van der Waals surface area contributed by atoms with Crippen LogP contribution in [-0.2, 0) is 14.4 Å². The third kappa shape index (κ3) is 5.42. The first-order chi connectivity index (χ1) is 16.4. The summed E-state index contributed by atoms with van der Waals surface area (Å²) in [6.07, 6.45) is 2.11. The molecule has 2 saturated heterocycles. The largest absolute Gasteiger partial charge is 0.376 e. The lowest BCUT2D eigenvalue weighted by Crippen LogP contribution is -2.54. The van der Waals surface area contributed by atoms with Crippen LogP contribution >= 0.6 is 0 Å². The first kappa shape index (κ1) is 23.8. The van der Waals surface area contributed by atoms with Gasteiger partial charge in [0, 0.05) is 44.8 Å². The molecular formula is C23H30N6O5. The Morgan fingerprint density at radius 1 is 1.03 bits per heavy atom.